The predicted molar refractivity (Wildman–Crippen MR) is 77.9 cm³/mol. The van der Waals surface area contributed by atoms with Crippen molar-refractivity contribution < 1.29 is 0 Å². The predicted octanol–water partition coefficient (Wildman–Crippen LogP) is 1.73. The summed E-state index contributed by atoms with van der Waals surface area (Å²) >= 11 is 0. The summed E-state index contributed by atoms with van der Waals surface area (Å²) in [4.78, 5) is 0. The van der Waals surface area contributed by atoms with E-state index < -0.39 is 0 Å². The lowest BCUT2D eigenvalue weighted by Crippen LogP contribution is -2.30. The van der Waals surface area contributed by atoms with Gasteiger partial charge in [-0.15, -0.1) is 5.10 Å². The number of hydrazine groups is 1. The highest BCUT2D eigenvalue weighted by Crippen LogP contribution is 2.27. The van der Waals surface area contributed by atoms with Crippen molar-refractivity contribution in [3.8, 4) is 0 Å². The summed E-state index contributed by atoms with van der Waals surface area (Å²) in [7, 11) is 0. The third-order valence-corrected chi connectivity index (χ3v) is 4.00. The Hall–Kier alpha value is -1.72. The smallest absolute Gasteiger partial charge is 0.0894 e. The molecule has 0 aliphatic heterocycles. The topological polar surface area (TPSA) is 68.8 Å². The highest BCUT2D eigenvalue weighted by molar-refractivity contribution is 5.38. The maximum absolute atomic E-state index is 5.79. The summed E-state index contributed by atoms with van der Waals surface area (Å²) in [5.74, 6) is 5.79. The summed E-state index contributed by atoms with van der Waals surface area (Å²) in [5, 5.41) is 8.17. The highest BCUT2D eigenvalue weighted by Gasteiger charge is 2.20. The van der Waals surface area contributed by atoms with E-state index in [2.05, 4.69) is 40.9 Å². The molecule has 1 aliphatic carbocycles. The van der Waals surface area contributed by atoms with Crippen LogP contribution in [-0.4, -0.2) is 15.0 Å². The van der Waals surface area contributed by atoms with Crippen molar-refractivity contribution in [1.82, 2.24) is 20.4 Å². The second kappa shape index (κ2) is 5.73. The molecule has 1 aromatic carbocycles. The van der Waals surface area contributed by atoms with Gasteiger partial charge in [-0.25, -0.2) is 10.1 Å². The van der Waals surface area contributed by atoms with Gasteiger partial charge >= 0.3 is 0 Å². The van der Waals surface area contributed by atoms with Crippen molar-refractivity contribution >= 4 is 0 Å². The normalized spacial score (nSPS) is 15.3. The van der Waals surface area contributed by atoms with E-state index in [1.54, 1.807) is 6.20 Å². The van der Waals surface area contributed by atoms with E-state index in [-0.39, 0.29) is 6.04 Å². The van der Waals surface area contributed by atoms with Gasteiger partial charge in [0.15, 0.2) is 0 Å². The zero-order valence-electron chi connectivity index (χ0n) is 11.8. The van der Waals surface area contributed by atoms with Crippen molar-refractivity contribution in [2.24, 2.45) is 5.84 Å². The van der Waals surface area contributed by atoms with E-state index in [0.29, 0.717) is 0 Å². The zero-order chi connectivity index (χ0) is 13.9. The Labute approximate surface area is 119 Å². The quantitative estimate of drug-likeness (QED) is 0.642. The monoisotopic (exact) mass is 271 g/mol. The zero-order valence-corrected chi connectivity index (χ0v) is 11.8. The molecule has 3 N–H and O–H groups in total. The van der Waals surface area contributed by atoms with Crippen LogP contribution in [0.5, 0.6) is 0 Å². The molecule has 0 radical (unpaired) electrons. The summed E-state index contributed by atoms with van der Waals surface area (Å²) in [6.45, 7) is 2.99. The van der Waals surface area contributed by atoms with Crippen LogP contribution in [0.3, 0.4) is 0 Å². The Balaban J connectivity index is 1.95. The minimum Gasteiger partial charge on any atom is -0.271 e. The lowest BCUT2D eigenvalue weighted by atomic mass is 9.99. The second-order valence-electron chi connectivity index (χ2n) is 5.36. The number of nitrogens with two attached hydrogens (primary N) is 1. The Bertz CT molecular complexity index is 590. The maximum atomic E-state index is 5.79. The first-order chi connectivity index (χ1) is 9.83. The molecule has 3 rings (SSSR count). The largest absolute Gasteiger partial charge is 0.271 e. The van der Waals surface area contributed by atoms with Crippen LogP contribution in [0.1, 0.15) is 48.2 Å². The van der Waals surface area contributed by atoms with Gasteiger partial charge in [-0.2, -0.15) is 0 Å². The molecule has 1 heterocycles. The van der Waals surface area contributed by atoms with Crippen molar-refractivity contribution in [1.29, 1.82) is 0 Å². The van der Waals surface area contributed by atoms with E-state index in [0.717, 1.165) is 18.7 Å². The summed E-state index contributed by atoms with van der Waals surface area (Å²) in [6.07, 6.45) is 6.46. The van der Waals surface area contributed by atoms with Crippen LogP contribution in [0.4, 0.5) is 0 Å². The van der Waals surface area contributed by atoms with Gasteiger partial charge in [0.25, 0.3) is 0 Å². The van der Waals surface area contributed by atoms with E-state index in [9.17, 15) is 0 Å². The molecule has 0 amide bonds. The Kier molecular flexibility index (Phi) is 3.80. The molecule has 1 aliphatic rings. The number of aryl methyl sites for hydroxylation is 3. The van der Waals surface area contributed by atoms with Gasteiger partial charge in [0, 0.05) is 6.54 Å². The third-order valence-electron chi connectivity index (χ3n) is 4.00. The number of nitrogens with zero attached hydrogens (tertiary/aromatic N) is 3. The van der Waals surface area contributed by atoms with Crippen molar-refractivity contribution in [3.05, 3.63) is 46.8 Å². The molecule has 106 valence electrons. The summed E-state index contributed by atoms with van der Waals surface area (Å²) in [5.41, 5.74) is 8.05. The van der Waals surface area contributed by atoms with E-state index >= 15 is 0 Å². The molecule has 1 unspecified atom stereocenters. The van der Waals surface area contributed by atoms with Gasteiger partial charge in [0.1, 0.15) is 0 Å². The lowest BCUT2D eigenvalue weighted by Gasteiger charge is -2.18. The van der Waals surface area contributed by atoms with Crippen LogP contribution in [0.2, 0.25) is 0 Å². The number of benzene rings is 1. The van der Waals surface area contributed by atoms with Crippen molar-refractivity contribution in [2.75, 3.05) is 0 Å². The van der Waals surface area contributed by atoms with Gasteiger partial charge in [0.05, 0.1) is 17.9 Å². The lowest BCUT2D eigenvalue weighted by molar-refractivity contribution is 0.512. The fourth-order valence-electron chi connectivity index (χ4n) is 3.00. The molecular weight excluding hydrogens is 250 g/mol. The molecule has 0 bridgehead atoms. The first-order valence-electron chi connectivity index (χ1n) is 7.29. The SMILES string of the molecule is CCCn1nncc1C(NN)c1ccc2c(c1)CCC2. The van der Waals surface area contributed by atoms with Gasteiger partial charge < -0.3 is 0 Å². The van der Waals surface area contributed by atoms with Crippen LogP contribution in [0, 0.1) is 0 Å². The molecule has 1 atom stereocenters. The number of fused-ring (bicyclic) bond motifs is 1. The Morgan fingerprint density at radius 2 is 2.20 bits per heavy atom. The molecule has 5 heteroatoms. The molecular formula is C15H21N5. The van der Waals surface area contributed by atoms with Gasteiger partial charge in [0.2, 0.25) is 0 Å². The second-order valence-corrected chi connectivity index (χ2v) is 5.36. The molecule has 2 aromatic rings. The van der Waals surface area contributed by atoms with Crippen LogP contribution >= 0.6 is 0 Å². The number of nitrogens with one attached hydrogen (secondary N) is 1. The Morgan fingerprint density at radius 1 is 1.35 bits per heavy atom. The average Bonchev–Trinajstić information content (AvgIpc) is 3.09. The first-order valence-corrected chi connectivity index (χ1v) is 7.29. The van der Waals surface area contributed by atoms with Crippen LogP contribution < -0.4 is 11.3 Å². The van der Waals surface area contributed by atoms with Gasteiger partial charge in [-0.3, -0.25) is 5.84 Å². The fraction of sp³-hybridized carbons (Fsp3) is 0.467. The number of hydrogen-bond donors (Lipinski definition) is 2. The van der Waals surface area contributed by atoms with Crippen molar-refractivity contribution in [2.45, 2.75) is 45.2 Å². The molecule has 20 heavy (non-hydrogen) atoms. The van der Waals surface area contributed by atoms with Crippen LogP contribution in [0.25, 0.3) is 0 Å². The standard InChI is InChI=1S/C15H21N5/c1-2-8-20-14(10-17-19-20)15(18-16)13-7-6-11-4-3-5-12(11)9-13/h6-7,9-10,15,18H,2-5,8,16H2,1H3. The van der Waals surface area contributed by atoms with E-state index in [1.807, 2.05) is 4.68 Å². The molecule has 0 fully saturated rings. The average molecular weight is 271 g/mol. The highest BCUT2D eigenvalue weighted by atomic mass is 15.4. The molecule has 0 spiro atoms. The molecule has 0 saturated carbocycles. The summed E-state index contributed by atoms with van der Waals surface area (Å²) in [6, 6.07) is 6.62. The van der Waals surface area contributed by atoms with Gasteiger partial charge in [-0.1, -0.05) is 30.3 Å². The van der Waals surface area contributed by atoms with Crippen LogP contribution in [-0.2, 0) is 19.4 Å². The third kappa shape index (κ3) is 2.34. The summed E-state index contributed by atoms with van der Waals surface area (Å²) < 4.78 is 1.93. The van der Waals surface area contributed by atoms with Crippen LogP contribution in [0.15, 0.2) is 24.4 Å². The van der Waals surface area contributed by atoms with E-state index in [1.165, 1.54) is 36.0 Å². The van der Waals surface area contributed by atoms with Gasteiger partial charge in [-0.05, 0) is 42.4 Å². The number of rotatable bonds is 5. The molecule has 0 saturated heterocycles. The fourth-order valence-corrected chi connectivity index (χ4v) is 3.00. The molecule has 5 nitrogen and oxygen atoms in total. The maximum Gasteiger partial charge on any atom is 0.0894 e. The Morgan fingerprint density at radius 3 is 3.00 bits per heavy atom. The van der Waals surface area contributed by atoms with E-state index in [4.69, 9.17) is 5.84 Å². The van der Waals surface area contributed by atoms with Crippen molar-refractivity contribution in [3.63, 3.8) is 0 Å². The number of hydrogen-bond acceptors (Lipinski definition) is 4. The first kappa shape index (κ1) is 13.3. The molecule has 1 aromatic heterocycles. The minimum absolute atomic E-state index is 0.0533. The minimum atomic E-state index is -0.0533. The number of aromatic nitrogens is 3.